The van der Waals surface area contributed by atoms with E-state index >= 15 is 0 Å². The summed E-state index contributed by atoms with van der Waals surface area (Å²) >= 11 is 0. The lowest BCUT2D eigenvalue weighted by atomic mass is 10.0. The molecule has 0 saturated heterocycles. The summed E-state index contributed by atoms with van der Waals surface area (Å²) in [5, 5.41) is 2.19. The van der Waals surface area contributed by atoms with E-state index in [9.17, 15) is 14.4 Å². The Morgan fingerprint density at radius 2 is 1.47 bits per heavy atom. The van der Waals surface area contributed by atoms with Crippen LogP contribution in [0, 0.1) is 0 Å². The number of benzene rings is 1. The standard InChI is InChI=1S/C13H17N3O3/c1-7(2)8-3-5-9(6-4-8)13(19)16-10(11(14)17)12(15)18/h3-7,10H,1-2H3,(H2,14,17)(H2,15,18)(H,16,19). The first-order valence-corrected chi connectivity index (χ1v) is 5.82. The van der Waals surface area contributed by atoms with E-state index in [1.165, 1.54) is 0 Å². The zero-order valence-corrected chi connectivity index (χ0v) is 10.8. The van der Waals surface area contributed by atoms with E-state index in [1.807, 2.05) is 26.0 Å². The van der Waals surface area contributed by atoms with Crippen molar-refractivity contribution in [3.05, 3.63) is 35.4 Å². The zero-order valence-electron chi connectivity index (χ0n) is 10.8. The number of nitrogens with one attached hydrogen (secondary N) is 1. The van der Waals surface area contributed by atoms with Crippen LogP contribution in [-0.4, -0.2) is 23.8 Å². The zero-order chi connectivity index (χ0) is 14.6. The average Bonchev–Trinajstić information content (AvgIpc) is 2.34. The second-order valence-corrected chi connectivity index (χ2v) is 4.49. The van der Waals surface area contributed by atoms with Crippen LogP contribution in [0.1, 0.15) is 35.7 Å². The van der Waals surface area contributed by atoms with Gasteiger partial charge in [0.15, 0.2) is 6.04 Å². The van der Waals surface area contributed by atoms with Crippen LogP contribution < -0.4 is 16.8 Å². The Hall–Kier alpha value is -2.37. The van der Waals surface area contributed by atoms with Crippen LogP contribution >= 0.6 is 0 Å². The molecule has 6 nitrogen and oxygen atoms in total. The van der Waals surface area contributed by atoms with Gasteiger partial charge in [-0.15, -0.1) is 0 Å². The molecule has 19 heavy (non-hydrogen) atoms. The second-order valence-electron chi connectivity index (χ2n) is 4.49. The topological polar surface area (TPSA) is 115 Å². The number of hydrogen-bond acceptors (Lipinski definition) is 3. The first-order chi connectivity index (χ1) is 8.82. The molecule has 0 aliphatic rings. The van der Waals surface area contributed by atoms with E-state index in [2.05, 4.69) is 5.32 Å². The molecule has 3 amide bonds. The molecule has 0 fully saturated rings. The third-order valence-corrected chi connectivity index (χ3v) is 2.68. The summed E-state index contributed by atoms with van der Waals surface area (Å²) in [5.41, 5.74) is 11.4. The van der Waals surface area contributed by atoms with Crippen LogP contribution in [0.5, 0.6) is 0 Å². The molecule has 0 aromatic heterocycles. The molecule has 0 unspecified atom stereocenters. The number of hydrogen-bond donors (Lipinski definition) is 3. The van der Waals surface area contributed by atoms with Gasteiger partial charge in [0.2, 0.25) is 11.8 Å². The first kappa shape index (κ1) is 14.7. The number of carbonyl (C=O) groups is 3. The lowest BCUT2D eigenvalue weighted by Gasteiger charge is -2.12. The lowest BCUT2D eigenvalue weighted by Crippen LogP contribution is -2.52. The molecule has 0 radical (unpaired) electrons. The molecule has 1 rings (SSSR count). The summed E-state index contributed by atoms with van der Waals surface area (Å²) in [6, 6.07) is 5.34. The van der Waals surface area contributed by atoms with Gasteiger partial charge in [-0.1, -0.05) is 26.0 Å². The summed E-state index contributed by atoms with van der Waals surface area (Å²) in [6.45, 7) is 4.07. The Bertz CT molecular complexity index is 480. The summed E-state index contributed by atoms with van der Waals surface area (Å²) in [5.74, 6) is -2.20. The van der Waals surface area contributed by atoms with Gasteiger partial charge >= 0.3 is 0 Å². The number of rotatable bonds is 5. The maximum absolute atomic E-state index is 11.8. The maximum atomic E-state index is 11.8. The smallest absolute Gasteiger partial charge is 0.252 e. The maximum Gasteiger partial charge on any atom is 0.252 e. The molecule has 0 aliphatic carbocycles. The highest BCUT2D eigenvalue weighted by atomic mass is 16.2. The molecule has 1 aromatic rings. The molecule has 1 aromatic carbocycles. The predicted octanol–water partition coefficient (Wildman–Crippen LogP) is -0.121. The molecule has 6 heteroatoms. The summed E-state index contributed by atoms with van der Waals surface area (Å²) in [4.78, 5) is 33.7. The monoisotopic (exact) mass is 263 g/mol. The van der Waals surface area contributed by atoms with Gasteiger partial charge in [0.05, 0.1) is 0 Å². The quantitative estimate of drug-likeness (QED) is 0.643. The van der Waals surface area contributed by atoms with E-state index in [1.54, 1.807) is 12.1 Å². The van der Waals surface area contributed by atoms with Gasteiger partial charge in [-0.05, 0) is 23.6 Å². The van der Waals surface area contributed by atoms with Gasteiger partial charge in [-0.3, -0.25) is 14.4 Å². The molecular formula is C13H17N3O3. The highest BCUT2D eigenvalue weighted by Gasteiger charge is 2.24. The van der Waals surface area contributed by atoms with Crippen molar-refractivity contribution in [2.45, 2.75) is 25.8 Å². The number of carbonyl (C=O) groups excluding carboxylic acids is 3. The van der Waals surface area contributed by atoms with Crippen LogP contribution in [0.4, 0.5) is 0 Å². The van der Waals surface area contributed by atoms with Gasteiger partial charge in [0, 0.05) is 5.56 Å². The third-order valence-electron chi connectivity index (χ3n) is 2.68. The predicted molar refractivity (Wildman–Crippen MR) is 70.2 cm³/mol. The summed E-state index contributed by atoms with van der Waals surface area (Å²) in [6.07, 6.45) is 0. The fourth-order valence-electron chi connectivity index (χ4n) is 1.52. The van der Waals surface area contributed by atoms with Crippen molar-refractivity contribution in [3.8, 4) is 0 Å². The van der Waals surface area contributed by atoms with Gasteiger partial charge in [-0.25, -0.2) is 0 Å². The largest absolute Gasteiger partial charge is 0.367 e. The Kier molecular flexibility index (Phi) is 4.63. The summed E-state index contributed by atoms with van der Waals surface area (Å²) in [7, 11) is 0. The van der Waals surface area contributed by atoms with Crippen LogP contribution in [0.25, 0.3) is 0 Å². The first-order valence-electron chi connectivity index (χ1n) is 5.82. The van der Waals surface area contributed by atoms with Crippen molar-refractivity contribution in [1.82, 2.24) is 5.32 Å². The van der Waals surface area contributed by atoms with E-state index in [4.69, 9.17) is 11.5 Å². The highest BCUT2D eigenvalue weighted by molar-refractivity contribution is 6.08. The SMILES string of the molecule is CC(C)c1ccc(C(=O)NC(C(N)=O)C(N)=O)cc1. The number of primary amides is 2. The van der Waals surface area contributed by atoms with Crippen LogP contribution in [0.3, 0.4) is 0 Å². The van der Waals surface area contributed by atoms with Gasteiger partial charge < -0.3 is 16.8 Å². The van der Waals surface area contributed by atoms with Crippen molar-refractivity contribution in [3.63, 3.8) is 0 Å². The third kappa shape index (κ3) is 3.80. The minimum atomic E-state index is -1.50. The van der Waals surface area contributed by atoms with E-state index in [0.29, 0.717) is 11.5 Å². The van der Waals surface area contributed by atoms with E-state index < -0.39 is 23.8 Å². The molecule has 102 valence electrons. The van der Waals surface area contributed by atoms with Crippen LogP contribution in [0.2, 0.25) is 0 Å². The van der Waals surface area contributed by atoms with Crippen LogP contribution in [-0.2, 0) is 9.59 Å². The summed E-state index contributed by atoms with van der Waals surface area (Å²) < 4.78 is 0. The van der Waals surface area contributed by atoms with Crippen molar-refractivity contribution in [2.75, 3.05) is 0 Å². The fourth-order valence-corrected chi connectivity index (χ4v) is 1.52. The molecule has 0 spiro atoms. The lowest BCUT2D eigenvalue weighted by molar-refractivity contribution is -0.128. The van der Waals surface area contributed by atoms with Gasteiger partial charge in [0.25, 0.3) is 5.91 Å². The number of nitrogens with two attached hydrogens (primary N) is 2. The van der Waals surface area contributed by atoms with E-state index in [0.717, 1.165) is 5.56 Å². The Morgan fingerprint density at radius 1 is 1.00 bits per heavy atom. The molecule has 0 aliphatic heterocycles. The Morgan fingerprint density at radius 3 is 1.84 bits per heavy atom. The molecule has 0 bridgehead atoms. The Balaban J connectivity index is 2.83. The van der Waals surface area contributed by atoms with Crippen molar-refractivity contribution in [1.29, 1.82) is 0 Å². The highest BCUT2D eigenvalue weighted by Crippen LogP contribution is 2.14. The molecule has 0 heterocycles. The molecule has 0 atom stereocenters. The minimum absolute atomic E-state index is 0.330. The van der Waals surface area contributed by atoms with Crippen molar-refractivity contribution in [2.24, 2.45) is 11.5 Å². The van der Waals surface area contributed by atoms with Crippen molar-refractivity contribution >= 4 is 17.7 Å². The normalized spacial score (nSPS) is 10.5. The number of amides is 3. The van der Waals surface area contributed by atoms with Gasteiger partial charge in [-0.2, -0.15) is 0 Å². The van der Waals surface area contributed by atoms with E-state index in [-0.39, 0.29) is 0 Å². The fraction of sp³-hybridized carbons (Fsp3) is 0.308. The van der Waals surface area contributed by atoms with Gasteiger partial charge in [0.1, 0.15) is 0 Å². The Labute approximate surface area is 111 Å². The van der Waals surface area contributed by atoms with Crippen LogP contribution in [0.15, 0.2) is 24.3 Å². The molecular weight excluding hydrogens is 246 g/mol. The second kappa shape index (κ2) is 5.99. The molecule has 0 saturated carbocycles. The van der Waals surface area contributed by atoms with Crippen molar-refractivity contribution < 1.29 is 14.4 Å². The average molecular weight is 263 g/mol. The molecule has 5 N–H and O–H groups in total. The minimum Gasteiger partial charge on any atom is -0.367 e.